The second-order valence-electron chi connectivity index (χ2n) is 11.9. The molecular formula is C35H71. The van der Waals surface area contributed by atoms with Gasteiger partial charge in [-0.25, -0.2) is 0 Å². The Morgan fingerprint density at radius 1 is 0.314 bits per heavy atom. The topological polar surface area (TPSA) is 0 Å². The highest BCUT2D eigenvalue weighted by Crippen LogP contribution is 2.22. The van der Waals surface area contributed by atoms with Crippen molar-refractivity contribution in [2.75, 3.05) is 0 Å². The van der Waals surface area contributed by atoms with Crippen LogP contribution in [0.5, 0.6) is 0 Å². The van der Waals surface area contributed by atoms with Crippen LogP contribution in [0.1, 0.15) is 213 Å². The third-order valence-electron chi connectivity index (χ3n) is 8.34. The van der Waals surface area contributed by atoms with Gasteiger partial charge in [0.25, 0.3) is 0 Å². The molecule has 0 saturated carbocycles. The van der Waals surface area contributed by atoms with Crippen molar-refractivity contribution in [3.8, 4) is 0 Å². The fourth-order valence-corrected chi connectivity index (χ4v) is 5.69. The summed E-state index contributed by atoms with van der Waals surface area (Å²) in [5.74, 6) is 0.908. The first kappa shape index (κ1) is 35.0. The third kappa shape index (κ3) is 30.1. The zero-order valence-corrected chi connectivity index (χ0v) is 25.2. The van der Waals surface area contributed by atoms with Crippen molar-refractivity contribution >= 4 is 0 Å². The van der Waals surface area contributed by atoms with Crippen molar-refractivity contribution in [3.05, 3.63) is 6.92 Å². The molecule has 0 spiro atoms. The average Bonchev–Trinajstić information content (AvgIpc) is 2.87. The van der Waals surface area contributed by atoms with Gasteiger partial charge in [-0.05, 0) is 5.92 Å². The molecule has 0 aliphatic rings. The summed E-state index contributed by atoms with van der Waals surface area (Å²) < 4.78 is 0. The van der Waals surface area contributed by atoms with Gasteiger partial charge < -0.3 is 0 Å². The predicted octanol–water partition coefficient (Wildman–Crippen LogP) is 13.6. The first-order valence-corrected chi connectivity index (χ1v) is 17.1. The molecule has 0 aliphatic carbocycles. The van der Waals surface area contributed by atoms with E-state index >= 15 is 0 Å². The smallest absolute Gasteiger partial charge is 0.0414 e. The van der Waals surface area contributed by atoms with E-state index in [0.29, 0.717) is 0 Å². The van der Waals surface area contributed by atoms with E-state index in [9.17, 15) is 0 Å². The zero-order valence-electron chi connectivity index (χ0n) is 25.2. The van der Waals surface area contributed by atoms with Crippen LogP contribution in [0.15, 0.2) is 0 Å². The van der Waals surface area contributed by atoms with Crippen LogP contribution in [-0.4, -0.2) is 0 Å². The van der Waals surface area contributed by atoms with Crippen LogP contribution in [0, 0.1) is 12.8 Å². The van der Waals surface area contributed by atoms with E-state index < -0.39 is 0 Å². The quantitative estimate of drug-likeness (QED) is 0.0845. The highest BCUT2D eigenvalue weighted by molar-refractivity contribution is 4.62. The van der Waals surface area contributed by atoms with Gasteiger partial charge in [0, 0.05) is 0 Å². The molecule has 0 fully saturated rings. The van der Waals surface area contributed by atoms with Crippen LogP contribution in [0.4, 0.5) is 0 Å². The molecule has 0 rings (SSSR count). The van der Waals surface area contributed by atoms with Crippen molar-refractivity contribution < 1.29 is 0 Å². The Balaban J connectivity index is 3.22. The SMILES string of the molecule is [CH2]CC(CCCCCCCCCCC)CCCCCCCCCCCCCCCCCCCCC. The van der Waals surface area contributed by atoms with E-state index in [-0.39, 0.29) is 0 Å². The van der Waals surface area contributed by atoms with Gasteiger partial charge in [0.2, 0.25) is 0 Å². The van der Waals surface area contributed by atoms with E-state index in [4.69, 9.17) is 0 Å². The maximum Gasteiger partial charge on any atom is -0.0414 e. The van der Waals surface area contributed by atoms with Crippen LogP contribution in [0.3, 0.4) is 0 Å². The molecule has 0 nitrogen and oxygen atoms in total. The van der Waals surface area contributed by atoms with Gasteiger partial charge in [-0.3, -0.25) is 0 Å². The highest BCUT2D eigenvalue weighted by atomic mass is 14.1. The lowest BCUT2D eigenvalue weighted by Crippen LogP contribution is -1.99. The Bertz CT molecular complexity index is 346. The summed E-state index contributed by atoms with van der Waals surface area (Å²) >= 11 is 0. The van der Waals surface area contributed by atoms with Crippen molar-refractivity contribution in [1.82, 2.24) is 0 Å². The van der Waals surface area contributed by atoms with E-state index in [1.54, 1.807) is 0 Å². The number of hydrogen-bond acceptors (Lipinski definition) is 0. The molecule has 0 aliphatic heterocycles. The molecule has 0 bridgehead atoms. The minimum absolute atomic E-state index is 0.908. The lowest BCUT2D eigenvalue weighted by atomic mass is 9.92. The van der Waals surface area contributed by atoms with Gasteiger partial charge in [0.1, 0.15) is 0 Å². The van der Waals surface area contributed by atoms with E-state index in [1.807, 2.05) is 0 Å². The Morgan fingerprint density at radius 3 is 0.714 bits per heavy atom. The molecule has 1 atom stereocenters. The van der Waals surface area contributed by atoms with Gasteiger partial charge in [-0.1, -0.05) is 220 Å². The highest BCUT2D eigenvalue weighted by Gasteiger charge is 2.06. The minimum Gasteiger partial charge on any atom is -0.0654 e. The van der Waals surface area contributed by atoms with Crippen LogP contribution < -0.4 is 0 Å². The van der Waals surface area contributed by atoms with Gasteiger partial charge in [0.05, 0.1) is 0 Å². The standard InChI is InChI=1S/C35H71/c1-4-7-9-11-13-15-16-17-18-19-20-21-22-23-24-26-28-30-32-34-35(6-3)33-31-29-27-25-14-12-10-8-5-2/h35H,3-34H2,1-2H3. The van der Waals surface area contributed by atoms with Crippen molar-refractivity contribution in [1.29, 1.82) is 0 Å². The Hall–Kier alpha value is 0. The maximum absolute atomic E-state index is 4.24. The van der Waals surface area contributed by atoms with E-state index in [2.05, 4.69) is 20.8 Å². The summed E-state index contributed by atoms with van der Waals surface area (Å²) in [6.45, 7) is 8.86. The lowest BCUT2D eigenvalue weighted by molar-refractivity contribution is 0.404. The normalized spacial score (nSPS) is 12.4. The molecule has 211 valence electrons. The van der Waals surface area contributed by atoms with Crippen molar-refractivity contribution in [3.63, 3.8) is 0 Å². The first-order valence-electron chi connectivity index (χ1n) is 17.1. The molecule has 0 amide bonds. The molecule has 0 heteroatoms. The summed E-state index contributed by atoms with van der Waals surface area (Å²) in [7, 11) is 0. The summed E-state index contributed by atoms with van der Waals surface area (Å²) in [5, 5.41) is 0. The number of rotatable bonds is 31. The number of hydrogen-bond donors (Lipinski definition) is 0. The lowest BCUT2D eigenvalue weighted by Gasteiger charge is -2.14. The fourth-order valence-electron chi connectivity index (χ4n) is 5.69. The van der Waals surface area contributed by atoms with Crippen molar-refractivity contribution in [2.24, 2.45) is 5.92 Å². The molecule has 0 aromatic carbocycles. The fraction of sp³-hybridized carbons (Fsp3) is 0.971. The molecule has 0 saturated heterocycles. The number of unbranched alkanes of at least 4 members (excludes halogenated alkanes) is 26. The molecule has 0 heterocycles. The maximum atomic E-state index is 4.24. The second-order valence-corrected chi connectivity index (χ2v) is 11.9. The summed E-state index contributed by atoms with van der Waals surface area (Å²) in [6, 6.07) is 0. The zero-order chi connectivity index (χ0) is 25.5. The summed E-state index contributed by atoms with van der Waals surface area (Å²) in [5.41, 5.74) is 0. The molecule has 0 aromatic rings. The summed E-state index contributed by atoms with van der Waals surface area (Å²) in [4.78, 5) is 0. The third-order valence-corrected chi connectivity index (χ3v) is 8.34. The Kier molecular flexibility index (Phi) is 32.0. The Labute approximate surface area is 225 Å². The van der Waals surface area contributed by atoms with Crippen LogP contribution >= 0.6 is 0 Å². The molecule has 1 unspecified atom stereocenters. The minimum atomic E-state index is 0.908. The van der Waals surface area contributed by atoms with E-state index in [1.165, 1.54) is 193 Å². The summed E-state index contributed by atoms with van der Waals surface area (Å²) in [6.07, 6.45) is 45.1. The molecule has 1 radical (unpaired) electrons. The van der Waals surface area contributed by atoms with Gasteiger partial charge in [0.15, 0.2) is 0 Å². The van der Waals surface area contributed by atoms with Gasteiger partial charge in [-0.15, -0.1) is 0 Å². The first-order chi connectivity index (χ1) is 17.3. The van der Waals surface area contributed by atoms with Crippen LogP contribution in [0.2, 0.25) is 0 Å². The Morgan fingerprint density at radius 2 is 0.514 bits per heavy atom. The van der Waals surface area contributed by atoms with Gasteiger partial charge >= 0.3 is 0 Å². The van der Waals surface area contributed by atoms with Gasteiger partial charge in [-0.2, -0.15) is 0 Å². The predicted molar refractivity (Wildman–Crippen MR) is 163 cm³/mol. The van der Waals surface area contributed by atoms with Crippen LogP contribution in [-0.2, 0) is 0 Å². The van der Waals surface area contributed by atoms with Crippen LogP contribution in [0.25, 0.3) is 0 Å². The van der Waals surface area contributed by atoms with E-state index in [0.717, 1.165) is 12.3 Å². The average molecular weight is 492 g/mol. The molecule has 35 heavy (non-hydrogen) atoms. The molecular weight excluding hydrogens is 420 g/mol. The molecule has 0 N–H and O–H groups in total. The largest absolute Gasteiger partial charge is 0.0654 e. The monoisotopic (exact) mass is 492 g/mol. The molecule has 0 aromatic heterocycles. The second kappa shape index (κ2) is 32.0. The van der Waals surface area contributed by atoms with Crippen molar-refractivity contribution in [2.45, 2.75) is 213 Å².